The Labute approximate surface area is 210 Å². The number of hydrogen-bond donors (Lipinski definition) is 1. The molecule has 34 heavy (non-hydrogen) atoms. The van der Waals surface area contributed by atoms with Gasteiger partial charge in [0.15, 0.2) is 6.61 Å². The Kier molecular flexibility index (Phi) is 9.37. The molecule has 2 amide bonds. The Balaban J connectivity index is 1.90. The molecule has 0 aliphatic heterocycles. The van der Waals surface area contributed by atoms with Crippen molar-refractivity contribution in [3.05, 3.63) is 100 Å². The lowest BCUT2D eigenvalue weighted by Gasteiger charge is -2.32. The lowest BCUT2D eigenvalue weighted by atomic mass is 10.0. The fourth-order valence-electron chi connectivity index (χ4n) is 3.53. The summed E-state index contributed by atoms with van der Waals surface area (Å²) in [6, 6.07) is 22.9. The van der Waals surface area contributed by atoms with Gasteiger partial charge in [-0.1, -0.05) is 65.7 Å². The summed E-state index contributed by atoms with van der Waals surface area (Å²) >= 11 is 12.1. The monoisotopic (exact) mass is 498 g/mol. The third kappa shape index (κ3) is 7.79. The highest BCUT2D eigenvalue weighted by Gasteiger charge is 2.31. The van der Waals surface area contributed by atoms with Crippen LogP contribution in [0.1, 0.15) is 25.0 Å². The molecule has 0 spiro atoms. The first kappa shape index (κ1) is 25.6. The summed E-state index contributed by atoms with van der Waals surface area (Å²) in [4.78, 5) is 28.3. The SMILES string of the molecule is CC(C)NC(=O)[C@@H](Cc1ccccc1)N(Cc1cccc(Cl)c1)C(=O)COc1ccc(Cl)cc1. The Bertz CT molecular complexity index is 1090. The number of carbonyl (C=O) groups is 2. The van der Waals surface area contributed by atoms with E-state index in [1.807, 2.05) is 56.3 Å². The van der Waals surface area contributed by atoms with Crippen LogP contribution < -0.4 is 10.1 Å². The minimum absolute atomic E-state index is 0.0702. The molecule has 3 rings (SSSR count). The van der Waals surface area contributed by atoms with Crippen molar-refractivity contribution in [2.75, 3.05) is 6.61 Å². The molecule has 3 aromatic carbocycles. The van der Waals surface area contributed by atoms with Gasteiger partial charge in [0.1, 0.15) is 11.8 Å². The standard InChI is InChI=1S/C27H28Cl2N2O3/c1-19(2)30-27(33)25(16-20-7-4-3-5-8-20)31(17-21-9-6-10-23(29)15-21)26(32)18-34-24-13-11-22(28)12-14-24/h3-15,19,25H,16-18H2,1-2H3,(H,30,33)/t25-/m1/s1. The van der Waals surface area contributed by atoms with Crippen LogP contribution in [0.4, 0.5) is 0 Å². The molecule has 5 nitrogen and oxygen atoms in total. The van der Waals surface area contributed by atoms with Gasteiger partial charge in [-0.05, 0) is 61.4 Å². The number of rotatable bonds is 10. The summed E-state index contributed by atoms with van der Waals surface area (Å²) in [5.41, 5.74) is 1.77. The second-order valence-corrected chi connectivity index (χ2v) is 9.14. The van der Waals surface area contributed by atoms with Crippen molar-refractivity contribution < 1.29 is 14.3 Å². The van der Waals surface area contributed by atoms with Gasteiger partial charge in [-0.25, -0.2) is 0 Å². The molecule has 0 aromatic heterocycles. The maximum absolute atomic E-state index is 13.5. The van der Waals surface area contributed by atoms with E-state index >= 15 is 0 Å². The zero-order valence-electron chi connectivity index (χ0n) is 19.2. The third-order valence-corrected chi connectivity index (χ3v) is 5.61. The fourth-order valence-corrected chi connectivity index (χ4v) is 3.86. The van der Waals surface area contributed by atoms with Gasteiger partial charge in [0.05, 0.1) is 0 Å². The van der Waals surface area contributed by atoms with Crippen molar-refractivity contribution >= 4 is 35.0 Å². The van der Waals surface area contributed by atoms with Crippen LogP contribution in [0, 0.1) is 0 Å². The molecule has 178 valence electrons. The molecule has 0 fully saturated rings. The molecule has 0 heterocycles. The third-order valence-electron chi connectivity index (χ3n) is 5.12. The van der Waals surface area contributed by atoms with Crippen LogP contribution in [0.15, 0.2) is 78.9 Å². The summed E-state index contributed by atoms with van der Waals surface area (Å²) in [5.74, 6) is -0.0119. The summed E-state index contributed by atoms with van der Waals surface area (Å²) < 4.78 is 5.72. The molecule has 3 aromatic rings. The van der Waals surface area contributed by atoms with Crippen LogP contribution in [0.25, 0.3) is 0 Å². The van der Waals surface area contributed by atoms with Gasteiger partial charge in [0, 0.05) is 29.1 Å². The normalized spacial score (nSPS) is 11.7. The van der Waals surface area contributed by atoms with Crippen LogP contribution in [-0.2, 0) is 22.6 Å². The lowest BCUT2D eigenvalue weighted by Crippen LogP contribution is -2.52. The molecule has 0 aliphatic carbocycles. The van der Waals surface area contributed by atoms with E-state index in [2.05, 4.69) is 5.32 Å². The topological polar surface area (TPSA) is 58.6 Å². The van der Waals surface area contributed by atoms with Crippen molar-refractivity contribution in [3.63, 3.8) is 0 Å². The van der Waals surface area contributed by atoms with Gasteiger partial charge in [0.2, 0.25) is 5.91 Å². The van der Waals surface area contributed by atoms with Crippen LogP contribution in [0.2, 0.25) is 10.0 Å². The molecule has 0 unspecified atom stereocenters. The van der Waals surface area contributed by atoms with Crippen molar-refractivity contribution in [3.8, 4) is 5.75 Å². The first-order valence-electron chi connectivity index (χ1n) is 11.1. The number of nitrogens with one attached hydrogen (secondary N) is 1. The first-order valence-corrected chi connectivity index (χ1v) is 11.8. The van der Waals surface area contributed by atoms with Crippen molar-refractivity contribution in [1.29, 1.82) is 0 Å². The van der Waals surface area contributed by atoms with E-state index in [1.165, 1.54) is 0 Å². The van der Waals surface area contributed by atoms with Gasteiger partial charge in [-0.2, -0.15) is 0 Å². The smallest absolute Gasteiger partial charge is 0.261 e. The van der Waals surface area contributed by atoms with Gasteiger partial charge in [-0.15, -0.1) is 0 Å². The van der Waals surface area contributed by atoms with E-state index < -0.39 is 6.04 Å². The highest BCUT2D eigenvalue weighted by atomic mass is 35.5. The average Bonchev–Trinajstić information content (AvgIpc) is 2.81. The van der Waals surface area contributed by atoms with E-state index in [-0.39, 0.29) is 31.0 Å². The zero-order chi connectivity index (χ0) is 24.5. The van der Waals surface area contributed by atoms with Crippen LogP contribution in [0.3, 0.4) is 0 Å². The van der Waals surface area contributed by atoms with E-state index in [4.69, 9.17) is 27.9 Å². The number of nitrogens with zero attached hydrogens (tertiary/aromatic N) is 1. The largest absolute Gasteiger partial charge is 0.484 e. The quantitative estimate of drug-likeness (QED) is 0.399. The molecule has 0 radical (unpaired) electrons. The van der Waals surface area contributed by atoms with Crippen molar-refractivity contribution in [2.45, 2.75) is 38.9 Å². The maximum Gasteiger partial charge on any atom is 0.261 e. The molecule has 0 bridgehead atoms. The minimum Gasteiger partial charge on any atom is -0.484 e. The van der Waals surface area contributed by atoms with Gasteiger partial charge in [-0.3, -0.25) is 9.59 Å². The van der Waals surface area contributed by atoms with Crippen molar-refractivity contribution in [2.24, 2.45) is 0 Å². The number of halogens is 2. The molecular formula is C27H28Cl2N2O3. The second-order valence-electron chi connectivity index (χ2n) is 8.26. The summed E-state index contributed by atoms with van der Waals surface area (Å²) in [5, 5.41) is 4.10. The Hall–Kier alpha value is -3.02. The number of amides is 2. The highest BCUT2D eigenvalue weighted by Crippen LogP contribution is 2.19. The molecule has 0 saturated heterocycles. The predicted octanol–water partition coefficient (Wildman–Crippen LogP) is 5.54. The Morgan fingerprint density at radius 2 is 1.56 bits per heavy atom. The number of carbonyl (C=O) groups excluding carboxylic acids is 2. The average molecular weight is 499 g/mol. The van der Waals surface area contributed by atoms with Crippen LogP contribution >= 0.6 is 23.2 Å². The lowest BCUT2D eigenvalue weighted by molar-refractivity contribution is -0.143. The summed E-state index contributed by atoms with van der Waals surface area (Å²) in [6.45, 7) is 3.78. The molecule has 0 saturated carbocycles. The van der Waals surface area contributed by atoms with E-state index in [1.54, 1.807) is 41.3 Å². The minimum atomic E-state index is -0.731. The first-order chi connectivity index (χ1) is 16.3. The molecule has 7 heteroatoms. The van der Waals surface area contributed by atoms with E-state index in [0.717, 1.165) is 11.1 Å². The van der Waals surface area contributed by atoms with E-state index in [9.17, 15) is 9.59 Å². The number of ether oxygens (including phenoxy) is 1. The van der Waals surface area contributed by atoms with Crippen LogP contribution in [0.5, 0.6) is 5.75 Å². The second kappa shape index (κ2) is 12.4. The summed E-state index contributed by atoms with van der Waals surface area (Å²) in [6.07, 6.45) is 0.368. The Morgan fingerprint density at radius 1 is 0.882 bits per heavy atom. The predicted molar refractivity (Wildman–Crippen MR) is 136 cm³/mol. The fraction of sp³-hybridized carbons (Fsp3) is 0.259. The molecular weight excluding hydrogens is 471 g/mol. The van der Waals surface area contributed by atoms with Crippen LogP contribution in [-0.4, -0.2) is 35.4 Å². The van der Waals surface area contributed by atoms with Gasteiger partial charge < -0.3 is 15.0 Å². The molecule has 1 N–H and O–H groups in total. The maximum atomic E-state index is 13.5. The summed E-state index contributed by atoms with van der Waals surface area (Å²) in [7, 11) is 0. The number of hydrogen-bond acceptors (Lipinski definition) is 3. The van der Waals surface area contributed by atoms with E-state index in [0.29, 0.717) is 22.2 Å². The number of benzene rings is 3. The zero-order valence-corrected chi connectivity index (χ0v) is 20.7. The Morgan fingerprint density at radius 3 is 2.21 bits per heavy atom. The van der Waals surface area contributed by atoms with Gasteiger partial charge >= 0.3 is 0 Å². The van der Waals surface area contributed by atoms with Crippen molar-refractivity contribution in [1.82, 2.24) is 10.2 Å². The highest BCUT2D eigenvalue weighted by molar-refractivity contribution is 6.30. The van der Waals surface area contributed by atoms with Gasteiger partial charge in [0.25, 0.3) is 5.91 Å². The molecule has 1 atom stereocenters. The molecule has 0 aliphatic rings.